The van der Waals surface area contributed by atoms with E-state index in [9.17, 15) is 26.4 Å². The first-order valence-electron chi connectivity index (χ1n) is 11.4. The number of hydrogen-bond acceptors (Lipinski definition) is 4. The molecule has 2 heterocycles. The Morgan fingerprint density at radius 3 is 2.22 bits per heavy atom. The first-order valence-corrected chi connectivity index (χ1v) is 12.9. The number of carboxylic acid groups (broad SMARTS) is 1. The molecule has 6 nitrogen and oxygen atoms in total. The maximum absolute atomic E-state index is 13.9. The highest BCUT2D eigenvalue weighted by Crippen LogP contribution is 2.33. The lowest BCUT2D eigenvalue weighted by atomic mass is 9.87. The number of aromatic nitrogens is 2. The molecule has 2 aromatic heterocycles. The Labute approximate surface area is 212 Å². The zero-order chi connectivity index (χ0) is 27.2. The number of carbonyl (C=O) groups is 1. The summed E-state index contributed by atoms with van der Waals surface area (Å²) in [5, 5.41) is 9.15. The maximum atomic E-state index is 13.9. The number of rotatable bonds is 6. The minimum absolute atomic E-state index is 0.00573. The predicted octanol–water partition coefficient (Wildman–Crippen LogP) is 6.07. The first-order chi connectivity index (χ1) is 17.2. The lowest BCUT2D eigenvalue weighted by Gasteiger charge is -2.20. The molecule has 194 valence electrons. The van der Waals surface area contributed by atoms with E-state index >= 15 is 0 Å². The molecule has 1 N–H and O–H groups in total. The Morgan fingerprint density at radius 1 is 0.946 bits per heavy atom. The number of halogens is 3. The summed E-state index contributed by atoms with van der Waals surface area (Å²) in [6.07, 6.45) is -3.49. The average molecular weight is 531 g/mol. The molecule has 0 radical (unpaired) electrons. The van der Waals surface area contributed by atoms with Gasteiger partial charge in [-0.1, -0.05) is 45.0 Å². The molecule has 4 aromatic rings. The Kier molecular flexibility index (Phi) is 6.66. The van der Waals surface area contributed by atoms with Gasteiger partial charge in [0.05, 0.1) is 16.0 Å². The zero-order valence-corrected chi connectivity index (χ0v) is 21.2. The topological polar surface area (TPSA) is 89.3 Å². The normalized spacial score (nSPS) is 12.7. The summed E-state index contributed by atoms with van der Waals surface area (Å²) in [6.45, 7) is 5.85. The molecule has 37 heavy (non-hydrogen) atoms. The van der Waals surface area contributed by atoms with Gasteiger partial charge in [-0.05, 0) is 65.8 Å². The molecule has 10 heteroatoms. The number of fused-ring (bicyclic) bond motifs is 1. The van der Waals surface area contributed by atoms with Crippen LogP contribution in [0.3, 0.4) is 0 Å². The van der Waals surface area contributed by atoms with E-state index in [-0.39, 0.29) is 39.0 Å². The highest BCUT2D eigenvalue weighted by Gasteiger charge is 2.33. The second-order valence-electron chi connectivity index (χ2n) is 9.82. The van der Waals surface area contributed by atoms with E-state index < -0.39 is 27.7 Å². The van der Waals surface area contributed by atoms with E-state index in [1.807, 2.05) is 26.8 Å². The molecule has 0 bridgehead atoms. The number of alkyl halides is 3. The molecular weight excluding hydrogens is 505 g/mol. The number of nitrogens with zero attached hydrogens (tertiary/aromatic N) is 2. The summed E-state index contributed by atoms with van der Waals surface area (Å²) in [5.41, 5.74) is 0.531. The molecule has 0 spiro atoms. The highest BCUT2D eigenvalue weighted by atomic mass is 32.2. The van der Waals surface area contributed by atoms with Crippen molar-refractivity contribution in [3.05, 3.63) is 94.8 Å². The van der Waals surface area contributed by atoms with Crippen molar-refractivity contribution in [1.29, 1.82) is 0 Å². The van der Waals surface area contributed by atoms with Crippen molar-refractivity contribution in [3.63, 3.8) is 0 Å². The maximum Gasteiger partial charge on any atom is 0.417 e. The fraction of sp³-hybridized carbons (Fsp3) is 0.259. The van der Waals surface area contributed by atoms with Crippen molar-refractivity contribution in [2.24, 2.45) is 0 Å². The minimum Gasteiger partial charge on any atom is -0.478 e. The standard InChI is InChI=1S/C27H25F3N2O4S/c1-26(2,3)20-5-4-6-23(15-20)37(35,36)32-22(12-9-17-7-10-18(11-8-17)25(33)34)14-19-13-21(27(28,29)30)16-31-24(19)32/h4-8,10-11,13-16H,9,12H2,1-3H3,(H,33,34). The van der Waals surface area contributed by atoms with E-state index in [1.54, 1.807) is 24.3 Å². The first kappa shape index (κ1) is 26.4. The number of hydrogen-bond donors (Lipinski definition) is 1. The fourth-order valence-corrected chi connectivity index (χ4v) is 5.61. The SMILES string of the molecule is CC(C)(C)c1cccc(S(=O)(=O)n2c(CCc3ccc(C(=O)O)cc3)cc3cc(C(F)(F)F)cnc32)c1. The van der Waals surface area contributed by atoms with Gasteiger partial charge in [-0.2, -0.15) is 13.2 Å². The number of pyridine rings is 1. The Bertz CT molecular complexity index is 1580. The third kappa shape index (κ3) is 5.39. The molecule has 0 amide bonds. The monoisotopic (exact) mass is 530 g/mol. The van der Waals surface area contributed by atoms with Crippen molar-refractivity contribution in [2.45, 2.75) is 50.1 Å². The second kappa shape index (κ2) is 9.33. The number of benzene rings is 2. The number of aryl methyl sites for hydroxylation is 2. The van der Waals surface area contributed by atoms with Crippen LogP contribution in [0.4, 0.5) is 13.2 Å². The average Bonchev–Trinajstić information content (AvgIpc) is 3.20. The number of carboxylic acids is 1. The van der Waals surface area contributed by atoms with Gasteiger partial charge >= 0.3 is 12.1 Å². The molecule has 0 aliphatic rings. The quantitative estimate of drug-likeness (QED) is 0.327. The zero-order valence-electron chi connectivity index (χ0n) is 20.4. The van der Waals surface area contributed by atoms with Crippen molar-refractivity contribution in [2.75, 3.05) is 0 Å². The molecule has 0 saturated heterocycles. The smallest absolute Gasteiger partial charge is 0.417 e. The molecule has 0 fully saturated rings. The van der Waals surface area contributed by atoms with Gasteiger partial charge in [-0.25, -0.2) is 22.2 Å². The lowest BCUT2D eigenvalue weighted by Crippen LogP contribution is -2.18. The van der Waals surface area contributed by atoms with Gasteiger partial charge in [0.2, 0.25) is 0 Å². The molecule has 0 atom stereocenters. The van der Waals surface area contributed by atoms with Crippen molar-refractivity contribution < 1.29 is 31.5 Å². The van der Waals surface area contributed by atoms with Crippen LogP contribution in [0.25, 0.3) is 11.0 Å². The highest BCUT2D eigenvalue weighted by molar-refractivity contribution is 7.90. The van der Waals surface area contributed by atoms with Crippen LogP contribution in [0, 0.1) is 0 Å². The van der Waals surface area contributed by atoms with Crippen LogP contribution in [0.1, 0.15) is 53.5 Å². The third-order valence-corrected chi connectivity index (χ3v) is 7.84. The Hall–Kier alpha value is -3.66. The van der Waals surface area contributed by atoms with Crippen molar-refractivity contribution in [3.8, 4) is 0 Å². The Balaban J connectivity index is 1.83. The van der Waals surface area contributed by atoms with E-state index in [2.05, 4.69) is 4.98 Å². The molecule has 0 saturated carbocycles. The van der Waals surface area contributed by atoms with Crippen molar-refractivity contribution in [1.82, 2.24) is 8.96 Å². The summed E-state index contributed by atoms with van der Waals surface area (Å²) < 4.78 is 68.7. The summed E-state index contributed by atoms with van der Waals surface area (Å²) in [6, 6.07) is 14.9. The Morgan fingerprint density at radius 2 is 1.62 bits per heavy atom. The summed E-state index contributed by atoms with van der Waals surface area (Å²) in [4.78, 5) is 15.0. The van der Waals surface area contributed by atoms with Gasteiger partial charge in [-0.15, -0.1) is 0 Å². The van der Waals surface area contributed by atoms with Crippen LogP contribution in [0.15, 0.2) is 71.8 Å². The third-order valence-electron chi connectivity index (χ3n) is 6.11. The van der Waals surface area contributed by atoms with Crippen LogP contribution < -0.4 is 0 Å². The van der Waals surface area contributed by atoms with Gasteiger partial charge in [0, 0.05) is 17.3 Å². The van der Waals surface area contributed by atoms with Gasteiger partial charge in [-0.3, -0.25) is 0 Å². The summed E-state index contributed by atoms with van der Waals surface area (Å²) >= 11 is 0. The molecule has 2 aromatic carbocycles. The fourth-order valence-electron chi connectivity index (χ4n) is 4.04. The predicted molar refractivity (Wildman–Crippen MR) is 133 cm³/mol. The van der Waals surface area contributed by atoms with Crippen LogP contribution >= 0.6 is 0 Å². The van der Waals surface area contributed by atoms with Crippen LogP contribution in [-0.2, 0) is 34.5 Å². The van der Waals surface area contributed by atoms with Gasteiger partial charge < -0.3 is 5.11 Å². The second-order valence-corrected chi connectivity index (χ2v) is 11.6. The minimum atomic E-state index is -4.63. The molecule has 0 aliphatic carbocycles. The largest absolute Gasteiger partial charge is 0.478 e. The van der Waals surface area contributed by atoms with E-state index in [4.69, 9.17) is 5.11 Å². The van der Waals surface area contributed by atoms with Gasteiger partial charge in [0.25, 0.3) is 10.0 Å². The lowest BCUT2D eigenvalue weighted by molar-refractivity contribution is -0.137. The summed E-state index contributed by atoms with van der Waals surface area (Å²) in [5.74, 6) is -1.07. The van der Waals surface area contributed by atoms with Crippen LogP contribution in [0.5, 0.6) is 0 Å². The number of aromatic carboxylic acids is 1. The van der Waals surface area contributed by atoms with E-state index in [1.165, 1.54) is 24.3 Å². The van der Waals surface area contributed by atoms with Crippen LogP contribution in [-0.4, -0.2) is 28.5 Å². The molecule has 4 rings (SSSR count). The van der Waals surface area contributed by atoms with Gasteiger partial charge in [0.15, 0.2) is 5.65 Å². The molecule has 0 aliphatic heterocycles. The van der Waals surface area contributed by atoms with E-state index in [0.29, 0.717) is 12.6 Å². The molecule has 0 unspecified atom stereocenters. The van der Waals surface area contributed by atoms with Crippen LogP contribution in [0.2, 0.25) is 0 Å². The summed E-state index contributed by atoms with van der Waals surface area (Å²) in [7, 11) is -4.21. The van der Waals surface area contributed by atoms with Crippen molar-refractivity contribution >= 4 is 27.0 Å². The molecular formula is C27H25F3N2O4S. The van der Waals surface area contributed by atoms with E-state index in [0.717, 1.165) is 21.2 Å². The van der Waals surface area contributed by atoms with Gasteiger partial charge in [0.1, 0.15) is 0 Å².